The van der Waals surface area contributed by atoms with Crippen LogP contribution < -0.4 is 10.3 Å². The van der Waals surface area contributed by atoms with Crippen LogP contribution in [0.15, 0.2) is 34.2 Å². The van der Waals surface area contributed by atoms with E-state index in [2.05, 4.69) is 15.1 Å². The Morgan fingerprint density at radius 1 is 1.25 bits per heavy atom. The summed E-state index contributed by atoms with van der Waals surface area (Å²) in [4.78, 5) is 34.8. The van der Waals surface area contributed by atoms with E-state index in [4.69, 9.17) is 14.7 Å². The molecule has 10 heteroatoms. The van der Waals surface area contributed by atoms with Crippen LogP contribution in [0.1, 0.15) is 51.0 Å². The van der Waals surface area contributed by atoms with E-state index < -0.39 is 5.60 Å². The molecular weight excluding hydrogens is 412 g/mol. The van der Waals surface area contributed by atoms with Crippen LogP contribution >= 0.6 is 0 Å². The van der Waals surface area contributed by atoms with Crippen molar-refractivity contribution in [1.82, 2.24) is 19.7 Å². The first-order valence-electron chi connectivity index (χ1n) is 10.4. The normalized spacial score (nSPS) is 18.2. The Morgan fingerprint density at radius 3 is 2.53 bits per heavy atom. The average molecular weight is 436 g/mol. The van der Waals surface area contributed by atoms with Crippen molar-refractivity contribution in [1.29, 1.82) is 5.26 Å². The van der Waals surface area contributed by atoms with E-state index in [9.17, 15) is 9.59 Å². The fourth-order valence-electron chi connectivity index (χ4n) is 3.36. The molecule has 0 saturated carbocycles. The summed E-state index contributed by atoms with van der Waals surface area (Å²) in [5.41, 5.74) is 0.341. The Labute approximate surface area is 185 Å². The van der Waals surface area contributed by atoms with Gasteiger partial charge >= 0.3 is 6.09 Å². The molecule has 2 aromatic heterocycles. The molecule has 0 aromatic carbocycles. The van der Waals surface area contributed by atoms with Crippen LogP contribution in [0.5, 0.6) is 5.75 Å². The number of carbonyl (C=O) groups excluding carboxylic acids is 1. The number of hydrogen-bond acceptors (Lipinski definition) is 8. The molecule has 2 aliphatic heterocycles. The van der Waals surface area contributed by atoms with Crippen LogP contribution in [0.4, 0.5) is 4.79 Å². The number of piperidine rings is 1. The van der Waals surface area contributed by atoms with Crippen molar-refractivity contribution in [2.45, 2.75) is 51.4 Å². The molecule has 0 bridgehead atoms. The summed E-state index contributed by atoms with van der Waals surface area (Å²) in [7, 11) is 0. The number of ether oxygens (including phenoxy) is 2. The van der Waals surface area contributed by atoms with Gasteiger partial charge in [-0.05, 0) is 32.9 Å². The Hall–Kier alpha value is -3.74. The number of pyridine rings is 1. The lowest BCUT2D eigenvalue weighted by molar-refractivity contribution is 0.0125. The summed E-state index contributed by atoms with van der Waals surface area (Å²) in [6.07, 6.45) is 3.91. The van der Waals surface area contributed by atoms with E-state index in [1.165, 1.54) is 23.0 Å². The summed E-state index contributed by atoms with van der Waals surface area (Å²) >= 11 is 0. The lowest BCUT2D eigenvalue weighted by Gasteiger charge is -2.33. The molecule has 0 N–H and O–H groups in total. The maximum Gasteiger partial charge on any atom is 0.410 e. The monoisotopic (exact) mass is 436 g/mol. The largest absolute Gasteiger partial charge is 0.488 e. The Morgan fingerprint density at radius 2 is 1.97 bits per heavy atom. The van der Waals surface area contributed by atoms with Crippen LogP contribution in [0.25, 0.3) is 5.69 Å². The molecule has 1 fully saturated rings. The van der Waals surface area contributed by atoms with Crippen molar-refractivity contribution in [2.24, 2.45) is 4.99 Å². The molecule has 0 spiro atoms. The van der Waals surface area contributed by atoms with E-state index in [0.29, 0.717) is 43.1 Å². The highest BCUT2D eigenvalue weighted by Crippen LogP contribution is 2.31. The molecular formula is C22H24N6O4. The number of amides is 1. The molecule has 10 nitrogen and oxygen atoms in total. The second kappa shape index (κ2) is 8.42. The Balaban J connectivity index is 1.48. The lowest BCUT2D eigenvalue weighted by Crippen LogP contribution is -2.44. The van der Waals surface area contributed by atoms with Gasteiger partial charge in [0.05, 0.1) is 11.9 Å². The summed E-state index contributed by atoms with van der Waals surface area (Å²) in [5.74, 6) is 0.395. The van der Waals surface area contributed by atoms with Gasteiger partial charge in [0, 0.05) is 38.2 Å². The van der Waals surface area contributed by atoms with Crippen LogP contribution in [-0.4, -0.2) is 56.8 Å². The first kappa shape index (κ1) is 21.5. The van der Waals surface area contributed by atoms with Gasteiger partial charge in [0.25, 0.3) is 5.56 Å². The number of rotatable bonds is 4. The minimum absolute atomic E-state index is 0.153. The number of hydrogen-bond donors (Lipinski definition) is 0. The number of nitrogens with zero attached hydrogens (tertiary/aromatic N) is 6. The van der Waals surface area contributed by atoms with Crippen LogP contribution in [0, 0.1) is 11.3 Å². The minimum atomic E-state index is -0.538. The predicted molar refractivity (Wildman–Crippen MR) is 115 cm³/mol. The molecule has 0 aliphatic carbocycles. The molecule has 1 unspecified atom stereocenters. The highest BCUT2D eigenvalue weighted by atomic mass is 16.6. The van der Waals surface area contributed by atoms with Gasteiger partial charge in [0.15, 0.2) is 5.75 Å². The van der Waals surface area contributed by atoms with E-state index >= 15 is 0 Å². The number of aliphatic imine (C=N–C) groups is 1. The maximum atomic E-state index is 12.7. The van der Waals surface area contributed by atoms with Crippen molar-refractivity contribution in [3.8, 4) is 17.5 Å². The van der Waals surface area contributed by atoms with Crippen LogP contribution in [-0.2, 0) is 4.74 Å². The van der Waals surface area contributed by atoms with Crippen LogP contribution in [0.2, 0.25) is 0 Å². The summed E-state index contributed by atoms with van der Waals surface area (Å²) in [6, 6.07) is 6.26. The van der Waals surface area contributed by atoms with Crippen molar-refractivity contribution >= 4 is 12.3 Å². The molecule has 0 radical (unpaired) electrons. The summed E-state index contributed by atoms with van der Waals surface area (Å²) in [6.45, 7) is 6.54. The molecule has 4 rings (SSSR count). The summed E-state index contributed by atoms with van der Waals surface area (Å²) in [5, 5.41) is 13.4. The van der Waals surface area contributed by atoms with Crippen molar-refractivity contribution in [3.05, 3.63) is 46.1 Å². The SMILES string of the molecule is CC(C)(C)OC(=O)N1CCC(Oc2cc(=O)n(-c3ccc(C#N)nc3)nc2C2C=N2)CC1. The van der Waals surface area contributed by atoms with Gasteiger partial charge in [-0.15, -0.1) is 0 Å². The zero-order chi connectivity index (χ0) is 22.9. The molecule has 2 aliphatic rings. The minimum Gasteiger partial charge on any atom is -0.488 e. The fourth-order valence-corrected chi connectivity index (χ4v) is 3.36. The third kappa shape index (κ3) is 4.94. The number of nitriles is 1. The van der Waals surface area contributed by atoms with Gasteiger partial charge in [0.1, 0.15) is 35.2 Å². The van der Waals surface area contributed by atoms with E-state index in [1.807, 2.05) is 26.8 Å². The number of aromatic nitrogens is 3. The molecule has 32 heavy (non-hydrogen) atoms. The van der Waals surface area contributed by atoms with Gasteiger partial charge in [-0.2, -0.15) is 15.0 Å². The third-order valence-corrected chi connectivity index (χ3v) is 5.00. The molecule has 4 heterocycles. The molecule has 166 valence electrons. The van der Waals surface area contributed by atoms with Crippen LogP contribution in [0.3, 0.4) is 0 Å². The van der Waals surface area contributed by atoms with Crippen molar-refractivity contribution in [3.63, 3.8) is 0 Å². The van der Waals surface area contributed by atoms with Gasteiger partial charge in [-0.1, -0.05) is 0 Å². The Bertz CT molecular complexity index is 1130. The molecule has 1 atom stereocenters. The maximum absolute atomic E-state index is 12.7. The van der Waals surface area contributed by atoms with Gasteiger partial charge in [-0.3, -0.25) is 9.79 Å². The smallest absolute Gasteiger partial charge is 0.410 e. The molecule has 2 aromatic rings. The Kier molecular flexibility index (Phi) is 5.65. The highest BCUT2D eigenvalue weighted by molar-refractivity contribution is 5.80. The molecule has 1 amide bonds. The first-order valence-corrected chi connectivity index (χ1v) is 10.4. The number of carbonyl (C=O) groups is 1. The second-order valence-corrected chi connectivity index (χ2v) is 8.68. The van der Waals surface area contributed by atoms with E-state index in [0.717, 1.165) is 0 Å². The fraction of sp³-hybridized carbons (Fsp3) is 0.455. The van der Waals surface area contributed by atoms with Gasteiger partial charge in [0.2, 0.25) is 0 Å². The summed E-state index contributed by atoms with van der Waals surface area (Å²) < 4.78 is 12.8. The quantitative estimate of drug-likeness (QED) is 0.721. The van der Waals surface area contributed by atoms with Gasteiger partial charge < -0.3 is 14.4 Å². The average Bonchev–Trinajstić information content (AvgIpc) is 3.59. The van der Waals surface area contributed by atoms with E-state index in [-0.39, 0.29) is 29.5 Å². The molecule has 1 saturated heterocycles. The standard InChI is InChI=1S/C22H24N6O4/c1-22(2,3)32-21(30)27-8-6-16(7-9-27)31-18-10-19(29)28(26-20(18)17-13-25-17)15-5-4-14(11-23)24-12-15/h4-5,10,12-13,16-17H,6-9H2,1-3H3. The predicted octanol–water partition coefficient (Wildman–Crippen LogP) is 2.40. The van der Waals surface area contributed by atoms with Gasteiger partial charge in [-0.25, -0.2) is 9.78 Å². The number of likely N-dealkylation sites (tertiary alicyclic amines) is 1. The zero-order valence-electron chi connectivity index (χ0n) is 18.2. The third-order valence-electron chi connectivity index (χ3n) is 5.00. The van der Waals surface area contributed by atoms with Crippen molar-refractivity contribution in [2.75, 3.05) is 13.1 Å². The van der Waals surface area contributed by atoms with Crippen molar-refractivity contribution < 1.29 is 14.3 Å². The highest BCUT2D eigenvalue weighted by Gasteiger charge is 2.30. The second-order valence-electron chi connectivity index (χ2n) is 8.68. The van der Waals surface area contributed by atoms with E-state index in [1.54, 1.807) is 17.2 Å². The zero-order valence-corrected chi connectivity index (χ0v) is 18.2. The lowest BCUT2D eigenvalue weighted by atomic mass is 10.1. The first-order chi connectivity index (χ1) is 15.2. The topological polar surface area (TPSA) is 123 Å².